The van der Waals surface area contributed by atoms with Crippen LogP contribution in [0, 0.1) is 0 Å². The van der Waals surface area contributed by atoms with E-state index in [4.69, 9.17) is 4.74 Å². The van der Waals surface area contributed by atoms with Gasteiger partial charge in [0.25, 0.3) is 10.0 Å². The molecule has 1 N–H and O–H groups in total. The molecular formula is C15H16BrNO3S. The summed E-state index contributed by atoms with van der Waals surface area (Å²) in [5.41, 5.74) is 0.495. The van der Waals surface area contributed by atoms with Gasteiger partial charge in [0.05, 0.1) is 6.61 Å². The Bertz CT molecular complexity index is 699. The van der Waals surface area contributed by atoms with Crippen LogP contribution in [0.15, 0.2) is 57.9 Å². The molecule has 0 aliphatic heterocycles. The fourth-order valence-electron chi connectivity index (χ4n) is 1.71. The van der Waals surface area contributed by atoms with Crippen molar-refractivity contribution in [2.75, 3.05) is 11.3 Å². The zero-order valence-corrected chi connectivity index (χ0v) is 13.9. The first kappa shape index (κ1) is 15.9. The largest absolute Gasteiger partial charge is 0.494 e. The zero-order chi connectivity index (χ0) is 15.3. The Hall–Kier alpha value is -1.53. The molecule has 2 rings (SSSR count). The lowest BCUT2D eigenvalue weighted by atomic mass is 10.3. The second-order valence-corrected chi connectivity index (χ2v) is 6.91. The third-order valence-corrected chi connectivity index (χ3v) is 5.10. The Morgan fingerprint density at radius 2 is 1.76 bits per heavy atom. The summed E-state index contributed by atoms with van der Waals surface area (Å²) in [5.74, 6) is 0.723. The van der Waals surface area contributed by atoms with E-state index in [1.54, 1.807) is 48.5 Å². The van der Waals surface area contributed by atoms with Gasteiger partial charge in [0.15, 0.2) is 0 Å². The number of sulfonamides is 1. The van der Waals surface area contributed by atoms with E-state index in [0.717, 1.165) is 12.2 Å². The minimum absolute atomic E-state index is 0.205. The van der Waals surface area contributed by atoms with Gasteiger partial charge in [-0.15, -0.1) is 0 Å². The van der Waals surface area contributed by atoms with Gasteiger partial charge in [-0.05, 0) is 58.7 Å². The summed E-state index contributed by atoms with van der Waals surface area (Å²) in [6.45, 7) is 2.67. The van der Waals surface area contributed by atoms with Gasteiger partial charge in [-0.3, -0.25) is 4.72 Å². The minimum Gasteiger partial charge on any atom is -0.494 e. The van der Waals surface area contributed by atoms with Crippen molar-refractivity contribution in [2.24, 2.45) is 0 Å². The van der Waals surface area contributed by atoms with Crippen molar-refractivity contribution in [1.82, 2.24) is 0 Å². The van der Waals surface area contributed by atoms with Crippen LogP contribution in [0.25, 0.3) is 0 Å². The molecule has 0 amide bonds. The summed E-state index contributed by atoms with van der Waals surface area (Å²) in [6.07, 6.45) is 0.927. The third kappa shape index (κ3) is 4.22. The number of ether oxygens (including phenoxy) is 1. The highest BCUT2D eigenvalue weighted by molar-refractivity contribution is 9.10. The number of hydrogen-bond donors (Lipinski definition) is 1. The van der Waals surface area contributed by atoms with E-state index in [2.05, 4.69) is 20.7 Å². The number of halogens is 1. The van der Waals surface area contributed by atoms with E-state index in [-0.39, 0.29) is 4.90 Å². The van der Waals surface area contributed by atoms with Gasteiger partial charge in [0.2, 0.25) is 0 Å². The molecule has 0 heterocycles. The normalized spacial score (nSPS) is 11.1. The van der Waals surface area contributed by atoms with Gasteiger partial charge in [-0.2, -0.15) is 0 Å². The van der Waals surface area contributed by atoms with Gasteiger partial charge in [0.1, 0.15) is 10.6 Å². The van der Waals surface area contributed by atoms with Crippen LogP contribution in [0.5, 0.6) is 5.75 Å². The fourth-order valence-corrected chi connectivity index (χ4v) is 3.77. The average Bonchev–Trinajstić information content (AvgIpc) is 2.46. The molecule has 0 spiro atoms. The van der Waals surface area contributed by atoms with Crippen LogP contribution in [0.4, 0.5) is 5.69 Å². The molecule has 0 radical (unpaired) electrons. The highest BCUT2D eigenvalue weighted by Gasteiger charge is 2.16. The average molecular weight is 370 g/mol. The highest BCUT2D eigenvalue weighted by Crippen LogP contribution is 2.24. The molecule has 0 unspecified atom stereocenters. The topological polar surface area (TPSA) is 55.4 Å². The molecule has 6 heteroatoms. The maximum Gasteiger partial charge on any atom is 0.263 e. The lowest BCUT2D eigenvalue weighted by Gasteiger charge is -2.10. The molecule has 4 nitrogen and oxygen atoms in total. The Kier molecular flexibility index (Phi) is 5.25. The first-order valence-electron chi connectivity index (χ1n) is 6.53. The SMILES string of the molecule is CCCOc1ccc(NS(=O)(=O)c2ccccc2Br)cc1. The van der Waals surface area contributed by atoms with Gasteiger partial charge in [-0.25, -0.2) is 8.42 Å². The fraction of sp³-hybridized carbons (Fsp3) is 0.200. The third-order valence-electron chi connectivity index (χ3n) is 2.71. The Morgan fingerprint density at radius 3 is 2.38 bits per heavy atom. The van der Waals surface area contributed by atoms with Crippen LogP contribution >= 0.6 is 15.9 Å². The summed E-state index contributed by atoms with van der Waals surface area (Å²) in [4.78, 5) is 0.205. The lowest BCUT2D eigenvalue weighted by Crippen LogP contribution is -2.13. The van der Waals surface area contributed by atoms with Crippen LogP contribution in [0.2, 0.25) is 0 Å². The number of hydrogen-bond acceptors (Lipinski definition) is 3. The van der Waals surface area contributed by atoms with Gasteiger partial charge >= 0.3 is 0 Å². The monoisotopic (exact) mass is 369 g/mol. The summed E-state index contributed by atoms with van der Waals surface area (Å²) < 4.78 is 33.1. The summed E-state index contributed by atoms with van der Waals surface area (Å²) >= 11 is 3.25. The van der Waals surface area contributed by atoms with Crippen molar-refractivity contribution in [3.63, 3.8) is 0 Å². The van der Waals surface area contributed by atoms with Gasteiger partial charge in [-0.1, -0.05) is 19.1 Å². The van der Waals surface area contributed by atoms with E-state index in [9.17, 15) is 8.42 Å². The van der Waals surface area contributed by atoms with Crippen molar-refractivity contribution in [3.05, 3.63) is 53.0 Å². The first-order valence-corrected chi connectivity index (χ1v) is 8.81. The smallest absolute Gasteiger partial charge is 0.263 e. The molecule has 0 aliphatic carbocycles. The van der Waals surface area contributed by atoms with Crippen LogP contribution in [-0.4, -0.2) is 15.0 Å². The molecule has 2 aromatic carbocycles. The van der Waals surface area contributed by atoms with Crippen molar-refractivity contribution in [1.29, 1.82) is 0 Å². The van der Waals surface area contributed by atoms with Gasteiger partial charge < -0.3 is 4.74 Å². The van der Waals surface area contributed by atoms with Gasteiger partial charge in [0, 0.05) is 10.2 Å². The Morgan fingerprint density at radius 1 is 1.10 bits per heavy atom. The first-order chi connectivity index (χ1) is 10.0. The highest BCUT2D eigenvalue weighted by atomic mass is 79.9. The second kappa shape index (κ2) is 6.95. The van der Waals surface area contributed by atoms with E-state index < -0.39 is 10.0 Å². The van der Waals surface area contributed by atoms with Crippen LogP contribution in [0.3, 0.4) is 0 Å². The van der Waals surface area contributed by atoms with Crippen LogP contribution < -0.4 is 9.46 Å². The molecular weight excluding hydrogens is 354 g/mol. The predicted molar refractivity (Wildman–Crippen MR) is 87.2 cm³/mol. The van der Waals surface area contributed by atoms with E-state index >= 15 is 0 Å². The quantitative estimate of drug-likeness (QED) is 0.835. The zero-order valence-electron chi connectivity index (χ0n) is 11.5. The summed E-state index contributed by atoms with van der Waals surface area (Å²) in [5, 5.41) is 0. The molecule has 0 saturated heterocycles. The number of benzene rings is 2. The van der Waals surface area contributed by atoms with Crippen molar-refractivity contribution < 1.29 is 13.2 Å². The van der Waals surface area contributed by atoms with Crippen LogP contribution in [-0.2, 0) is 10.0 Å². The number of nitrogens with one attached hydrogen (secondary N) is 1. The predicted octanol–water partition coefficient (Wildman–Crippen LogP) is 4.04. The minimum atomic E-state index is -3.61. The molecule has 0 fully saturated rings. The Balaban J connectivity index is 2.16. The van der Waals surface area contributed by atoms with Crippen molar-refractivity contribution in [3.8, 4) is 5.75 Å². The number of anilines is 1. The second-order valence-electron chi connectivity index (χ2n) is 4.41. The maximum absolute atomic E-state index is 12.3. The molecule has 0 saturated carbocycles. The summed E-state index contributed by atoms with van der Waals surface area (Å²) in [6, 6.07) is 13.5. The van der Waals surface area contributed by atoms with E-state index in [0.29, 0.717) is 16.8 Å². The molecule has 2 aromatic rings. The van der Waals surface area contributed by atoms with Crippen LogP contribution in [0.1, 0.15) is 13.3 Å². The van der Waals surface area contributed by atoms with E-state index in [1.807, 2.05) is 6.92 Å². The molecule has 112 valence electrons. The van der Waals surface area contributed by atoms with Crippen molar-refractivity contribution >= 4 is 31.6 Å². The van der Waals surface area contributed by atoms with Crippen molar-refractivity contribution in [2.45, 2.75) is 18.2 Å². The standard InChI is InChI=1S/C15H16BrNO3S/c1-2-11-20-13-9-7-12(8-10-13)17-21(18,19)15-6-4-3-5-14(15)16/h3-10,17H,2,11H2,1H3. The molecule has 21 heavy (non-hydrogen) atoms. The molecule has 0 aromatic heterocycles. The molecule has 0 aliphatic rings. The number of rotatable bonds is 6. The lowest BCUT2D eigenvalue weighted by molar-refractivity contribution is 0.317. The molecule has 0 atom stereocenters. The maximum atomic E-state index is 12.3. The Labute approximate surface area is 133 Å². The molecule has 0 bridgehead atoms. The summed E-state index contributed by atoms with van der Waals surface area (Å²) in [7, 11) is -3.61. The van der Waals surface area contributed by atoms with E-state index in [1.165, 1.54) is 0 Å².